The average molecular weight is 477 g/mol. The maximum atomic E-state index is 14.0. The summed E-state index contributed by atoms with van der Waals surface area (Å²) in [6, 6.07) is 9.94. The van der Waals surface area contributed by atoms with Gasteiger partial charge in [0.1, 0.15) is 35.8 Å². The summed E-state index contributed by atoms with van der Waals surface area (Å²) in [5.41, 5.74) is 1.08. The van der Waals surface area contributed by atoms with Crippen molar-refractivity contribution in [2.24, 2.45) is 0 Å². The predicted molar refractivity (Wildman–Crippen MR) is 127 cm³/mol. The van der Waals surface area contributed by atoms with Gasteiger partial charge in [-0.15, -0.1) is 0 Å². The first-order valence-corrected chi connectivity index (χ1v) is 11.1. The van der Waals surface area contributed by atoms with Crippen LogP contribution in [0.5, 0.6) is 17.2 Å². The molecule has 1 fully saturated rings. The number of nitrogens with one attached hydrogen (secondary N) is 1. The van der Waals surface area contributed by atoms with Crippen LogP contribution in [-0.2, 0) is 11.2 Å². The SMILES string of the molecule is COc1ccc(OC)c(CCNC(=S)N2CCOC(COc3ccc(C(C)=O)c(F)c3)C2)c1. The molecule has 1 heterocycles. The van der Waals surface area contributed by atoms with Crippen LogP contribution in [0.25, 0.3) is 0 Å². The zero-order valence-corrected chi connectivity index (χ0v) is 19.9. The Hall–Kier alpha value is -2.91. The zero-order chi connectivity index (χ0) is 23.8. The Labute approximate surface area is 198 Å². The molecule has 1 aliphatic heterocycles. The van der Waals surface area contributed by atoms with E-state index in [0.29, 0.717) is 37.1 Å². The fraction of sp³-hybridized carbons (Fsp3) is 0.417. The van der Waals surface area contributed by atoms with Gasteiger partial charge in [0.05, 0.1) is 26.4 Å². The van der Waals surface area contributed by atoms with Gasteiger partial charge >= 0.3 is 0 Å². The number of rotatable bonds is 9. The smallest absolute Gasteiger partial charge is 0.169 e. The van der Waals surface area contributed by atoms with E-state index in [1.54, 1.807) is 20.3 Å². The Kier molecular flexibility index (Phi) is 8.85. The molecule has 3 rings (SSSR count). The quantitative estimate of drug-likeness (QED) is 0.437. The standard InChI is InChI=1S/C24H29FN2O5S/c1-16(28)21-6-4-19(13-22(21)25)32-15-20-14-27(10-11-31-20)24(33)26-9-8-17-12-18(29-2)5-7-23(17)30-3/h4-7,12-13,20H,8-11,14-15H2,1-3H3,(H,26,33). The Morgan fingerprint density at radius 1 is 1.21 bits per heavy atom. The monoisotopic (exact) mass is 476 g/mol. The summed E-state index contributed by atoms with van der Waals surface area (Å²) >= 11 is 5.57. The van der Waals surface area contributed by atoms with Gasteiger partial charge < -0.3 is 29.2 Å². The van der Waals surface area contributed by atoms with Crippen molar-refractivity contribution < 1.29 is 28.1 Å². The third-order valence-electron chi connectivity index (χ3n) is 5.34. The number of thiocarbonyl (C=S) groups is 1. The summed E-state index contributed by atoms with van der Waals surface area (Å²) < 4.78 is 36.2. The molecule has 7 nitrogen and oxygen atoms in total. The van der Waals surface area contributed by atoms with Crippen molar-refractivity contribution in [2.45, 2.75) is 19.4 Å². The van der Waals surface area contributed by atoms with E-state index in [0.717, 1.165) is 23.5 Å². The van der Waals surface area contributed by atoms with Crippen molar-refractivity contribution in [3.05, 3.63) is 53.3 Å². The van der Waals surface area contributed by atoms with Crippen molar-refractivity contribution in [3.8, 4) is 17.2 Å². The second-order valence-electron chi connectivity index (χ2n) is 7.61. The van der Waals surface area contributed by atoms with Crippen LogP contribution in [0.4, 0.5) is 4.39 Å². The van der Waals surface area contributed by atoms with E-state index in [-0.39, 0.29) is 24.1 Å². The molecule has 9 heteroatoms. The molecule has 1 atom stereocenters. The first-order valence-electron chi connectivity index (χ1n) is 10.7. The van der Waals surface area contributed by atoms with Gasteiger partial charge in [-0.05, 0) is 61.5 Å². The molecule has 0 spiro atoms. The number of hydrogen-bond acceptors (Lipinski definition) is 6. The number of carbonyl (C=O) groups excluding carboxylic acids is 1. The molecule has 2 aromatic carbocycles. The largest absolute Gasteiger partial charge is 0.497 e. The summed E-state index contributed by atoms with van der Waals surface area (Å²) in [6.07, 6.45) is 0.506. The van der Waals surface area contributed by atoms with Gasteiger partial charge in [-0.3, -0.25) is 4.79 Å². The van der Waals surface area contributed by atoms with Crippen LogP contribution in [0.1, 0.15) is 22.8 Å². The van der Waals surface area contributed by atoms with E-state index < -0.39 is 5.82 Å². The van der Waals surface area contributed by atoms with Crippen molar-refractivity contribution in [1.82, 2.24) is 10.2 Å². The van der Waals surface area contributed by atoms with E-state index in [4.69, 9.17) is 31.2 Å². The molecule has 1 saturated heterocycles. The third kappa shape index (κ3) is 6.79. The van der Waals surface area contributed by atoms with Crippen molar-refractivity contribution in [3.63, 3.8) is 0 Å². The Balaban J connectivity index is 1.47. The first-order chi connectivity index (χ1) is 15.9. The van der Waals surface area contributed by atoms with Crippen LogP contribution >= 0.6 is 12.2 Å². The van der Waals surface area contributed by atoms with Crippen LogP contribution < -0.4 is 19.5 Å². The highest BCUT2D eigenvalue weighted by atomic mass is 32.1. The minimum absolute atomic E-state index is 0.0467. The zero-order valence-electron chi connectivity index (χ0n) is 19.1. The molecule has 0 aliphatic carbocycles. The minimum Gasteiger partial charge on any atom is -0.497 e. The van der Waals surface area contributed by atoms with Crippen LogP contribution in [0.2, 0.25) is 0 Å². The van der Waals surface area contributed by atoms with E-state index in [1.807, 2.05) is 23.1 Å². The number of carbonyl (C=O) groups is 1. The lowest BCUT2D eigenvalue weighted by Gasteiger charge is -2.34. The molecule has 0 saturated carbocycles. The average Bonchev–Trinajstić information content (AvgIpc) is 2.82. The van der Waals surface area contributed by atoms with Gasteiger partial charge in [-0.1, -0.05) is 0 Å². The number of ketones is 1. The normalized spacial score (nSPS) is 15.6. The molecule has 0 aromatic heterocycles. The lowest BCUT2D eigenvalue weighted by molar-refractivity contribution is -0.0288. The second-order valence-corrected chi connectivity index (χ2v) is 7.99. The molecule has 2 aromatic rings. The molecule has 0 radical (unpaired) electrons. The van der Waals surface area contributed by atoms with Crippen LogP contribution in [0.15, 0.2) is 36.4 Å². The summed E-state index contributed by atoms with van der Waals surface area (Å²) in [4.78, 5) is 13.4. The molecule has 0 bridgehead atoms. The van der Waals surface area contributed by atoms with Crippen molar-refractivity contribution in [1.29, 1.82) is 0 Å². The first kappa shape index (κ1) is 24.7. The van der Waals surface area contributed by atoms with Crippen LogP contribution in [0, 0.1) is 5.82 Å². The van der Waals surface area contributed by atoms with Gasteiger partial charge in [0.15, 0.2) is 10.9 Å². The van der Waals surface area contributed by atoms with Crippen molar-refractivity contribution >= 4 is 23.1 Å². The molecule has 33 heavy (non-hydrogen) atoms. The Morgan fingerprint density at radius 2 is 2.00 bits per heavy atom. The van der Waals surface area contributed by atoms with E-state index in [2.05, 4.69) is 5.32 Å². The second kappa shape index (κ2) is 11.8. The van der Waals surface area contributed by atoms with Crippen LogP contribution in [-0.4, -0.2) is 69.0 Å². The molecule has 1 N–H and O–H groups in total. The number of benzene rings is 2. The lowest BCUT2D eigenvalue weighted by Crippen LogP contribution is -2.51. The number of halogens is 1. The minimum atomic E-state index is -0.593. The molecule has 1 unspecified atom stereocenters. The maximum Gasteiger partial charge on any atom is 0.169 e. The van der Waals surface area contributed by atoms with Gasteiger partial charge in [-0.2, -0.15) is 0 Å². The number of ether oxygens (including phenoxy) is 4. The number of morpholine rings is 1. The number of Topliss-reactive ketones (excluding diaryl/α,β-unsaturated/α-hetero) is 1. The highest BCUT2D eigenvalue weighted by Crippen LogP contribution is 2.24. The van der Waals surface area contributed by atoms with Crippen LogP contribution in [0.3, 0.4) is 0 Å². The maximum absolute atomic E-state index is 14.0. The van der Waals surface area contributed by atoms with E-state index in [9.17, 15) is 9.18 Å². The molecule has 0 amide bonds. The number of hydrogen-bond donors (Lipinski definition) is 1. The number of nitrogens with zero attached hydrogens (tertiary/aromatic N) is 1. The van der Waals surface area contributed by atoms with E-state index in [1.165, 1.54) is 19.1 Å². The fourth-order valence-corrected chi connectivity index (χ4v) is 3.83. The fourth-order valence-electron chi connectivity index (χ4n) is 3.56. The molecular formula is C24H29FN2O5S. The van der Waals surface area contributed by atoms with Gasteiger partial charge in [0, 0.05) is 25.7 Å². The highest BCUT2D eigenvalue weighted by Gasteiger charge is 2.23. The number of methoxy groups -OCH3 is 2. The summed E-state index contributed by atoms with van der Waals surface area (Å²) in [5.74, 6) is 1.02. The van der Waals surface area contributed by atoms with E-state index >= 15 is 0 Å². The van der Waals surface area contributed by atoms with Gasteiger partial charge in [0.25, 0.3) is 0 Å². The molecule has 178 valence electrons. The summed E-state index contributed by atoms with van der Waals surface area (Å²) in [5, 5.41) is 3.93. The van der Waals surface area contributed by atoms with Crippen molar-refractivity contribution in [2.75, 3.05) is 47.1 Å². The van der Waals surface area contributed by atoms with Gasteiger partial charge in [-0.25, -0.2) is 4.39 Å². The van der Waals surface area contributed by atoms with Gasteiger partial charge in [0.2, 0.25) is 0 Å². The molecule has 1 aliphatic rings. The molecular weight excluding hydrogens is 447 g/mol. The predicted octanol–water partition coefficient (Wildman–Crippen LogP) is 3.24. The Bertz CT molecular complexity index is 987. The lowest BCUT2D eigenvalue weighted by atomic mass is 10.1. The topological polar surface area (TPSA) is 69.3 Å². The summed E-state index contributed by atoms with van der Waals surface area (Å²) in [7, 11) is 3.28. The third-order valence-corrected chi connectivity index (χ3v) is 5.74. The summed E-state index contributed by atoms with van der Waals surface area (Å²) in [6.45, 7) is 3.96. The Morgan fingerprint density at radius 3 is 2.70 bits per heavy atom. The highest BCUT2D eigenvalue weighted by molar-refractivity contribution is 7.80.